The van der Waals surface area contributed by atoms with Crippen LogP contribution in [0.3, 0.4) is 0 Å². The van der Waals surface area contributed by atoms with E-state index in [1.807, 2.05) is 6.08 Å². The maximum Gasteiger partial charge on any atom is 0.0465 e. The molecule has 0 saturated carbocycles. The van der Waals surface area contributed by atoms with Crippen LogP contribution in [0, 0.1) is 0 Å². The molecule has 2 nitrogen and oxygen atoms in total. The fourth-order valence-corrected chi connectivity index (χ4v) is 7.39. The highest BCUT2D eigenvalue weighted by atomic mass is 15.1. The lowest BCUT2D eigenvalue weighted by molar-refractivity contribution is 0.686. The zero-order chi connectivity index (χ0) is 33.6. The van der Waals surface area contributed by atoms with Crippen LogP contribution in [0.25, 0.3) is 0 Å². The van der Waals surface area contributed by atoms with Gasteiger partial charge in [-0.05, 0) is 121 Å². The van der Waals surface area contributed by atoms with Crippen molar-refractivity contribution < 1.29 is 0 Å². The number of hydrogen-bond acceptors (Lipinski definition) is 2. The van der Waals surface area contributed by atoms with E-state index < -0.39 is 0 Å². The second-order valence-corrected chi connectivity index (χ2v) is 12.7. The summed E-state index contributed by atoms with van der Waals surface area (Å²) in [4.78, 5) is 4.73. The largest absolute Gasteiger partial charge is 0.311 e. The van der Waals surface area contributed by atoms with E-state index in [4.69, 9.17) is 0 Å². The molecule has 2 heteroatoms. The van der Waals surface area contributed by atoms with Crippen LogP contribution in [0.2, 0.25) is 0 Å². The lowest BCUT2D eigenvalue weighted by Gasteiger charge is -2.34. The van der Waals surface area contributed by atoms with Gasteiger partial charge in [0.05, 0.1) is 0 Å². The molecule has 0 bridgehead atoms. The highest BCUT2D eigenvalue weighted by Crippen LogP contribution is 2.51. The molecule has 0 aliphatic heterocycles. The van der Waals surface area contributed by atoms with E-state index in [9.17, 15) is 0 Å². The molecule has 1 aliphatic rings. The molecule has 0 radical (unpaired) electrons. The van der Waals surface area contributed by atoms with Crippen LogP contribution in [0.15, 0.2) is 200 Å². The van der Waals surface area contributed by atoms with Gasteiger partial charge in [-0.25, -0.2) is 0 Å². The molecule has 0 N–H and O–H groups in total. The van der Waals surface area contributed by atoms with Crippen molar-refractivity contribution in [3.63, 3.8) is 0 Å². The number of benzene rings is 6. The van der Waals surface area contributed by atoms with Gasteiger partial charge < -0.3 is 9.80 Å². The van der Waals surface area contributed by atoms with Crippen LogP contribution in [0.4, 0.5) is 28.4 Å². The van der Waals surface area contributed by atoms with Crippen molar-refractivity contribution in [2.24, 2.45) is 0 Å². The molecule has 0 amide bonds. The highest BCUT2D eigenvalue weighted by molar-refractivity contribution is 5.79. The minimum absolute atomic E-state index is 0.378. The van der Waals surface area contributed by atoms with E-state index >= 15 is 0 Å². The summed E-state index contributed by atoms with van der Waals surface area (Å²) in [5.74, 6) is 0. The highest BCUT2D eigenvalue weighted by Gasteiger charge is 2.42. The van der Waals surface area contributed by atoms with Gasteiger partial charge >= 0.3 is 0 Å². The smallest absolute Gasteiger partial charge is 0.0465 e. The first kappa shape index (κ1) is 31.7. The van der Waals surface area contributed by atoms with Crippen LogP contribution >= 0.6 is 0 Å². The first-order valence-corrected chi connectivity index (χ1v) is 17.1. The van der Waals surface area contributed by atoms with Gasteiger partial charge in [-0.3, -0.25) is 0 Å². The van der Waals surface area contributed by atoms with E-state index in [2.05, 4.69) is 206 Å². The van der Waals surface area contributed by atoms with Crippen molar-refractivity contribution in [1.29, 1.82) is 0 Å². The number of fused-ring (bicyclic) bond motifs is 1. The Bertz CT molecular complexity index is 2020. The summed E-state index contributed by atoms with van der Waals surface area (Å²) in [6, 6.07) is 58.7. The van der Waals surface area contributed by atoms with Gasteiger partial charge in [-0.1, -0.05) is 115 Å². The Morgan fingerprint density at radius 1 is 0.612 bits per heavy atom. The molecular weight excluding hydrogens is 593 g/mol. The third-order valence-corrected chi connectivity index (χ3v) is 9.77. The normalized spacial score (nSPS) is 16.3. The van der Waals surface area contributed by atoms with E-state index in [1.54, 1.807) is 0 Å². The fraction of sp³-hybridized carbons (Fsp3) is 0.106. The van der Waals surface area contributed by atoms with Crippen LogP contribution in [-0.4, -0.2) is 0 Å². The maximum atomic E-state index is 4.13. The van der Waals surface area contributed by atoms with Crippen molar-refractivity contribution in [2.75, 3.05) is 9.80 Å². The van der Waals surface area contributed by atoms with Crippen LogP contribution in [-0.2, 0) is 18.3 Å². The van der Waals surface area contributed by atoms with Crippen LogP contribution in [0.1, 0.15) is 36.1 Å². The quantitative estimate of drug-likeness (QED) is 0.138. The Morgan fingerprint density at radius 3 is 1.65 bits per heavy atom. The van der Waals surface area contributed by atoms with E-state index in [-0.39, 0.29) is 5.41 Å². The summed E-state index contributed by atoms with van der Waals surface area (Å²) in [6.45, 7) is 8.70. The number of rotatable bonds is 10. The molecule has 0 spiro atoms. The second-order valence-electron chi connectivity index (χ2n) is 12.7. The first-order valence-electron chi connectivity index (χ1n) is 17.1. The lowest BCUT2D eigenvalue weighted by atomic mass is 9.72. The van der Waals surface area contributed by atoms with Gasteiger partial charge in [-0.15, -0.1) is 6.58 Å². The Kier molecular flexibility index (Phi) is 9.12. The van der Waals surface area contributed by atoms with Crippen molar-refractivity contribution in [1.82, 2.24) is 0 Å². The fourth-order valence-electron chi connectivity index (χ4n) is 7.39. The van der Waals surface area contributed by atoms with Gasteiger partial charge in [0, 0.05) is 39.5 Å². The third kappa shape index (κ3) is 6.14. The predicted octanol–water partition coefficient (Wildman–Crippen LogP) is 12.4. The number of nitrogens with zero attached hydrogens (tertiary/aromatic N) is 2. The molecule has 6 aromatic carbocycles. The summed E-state index contributed by atoms with van der Waals surface area (Å²) in [6.07, 6.45) is 8.37. The number of hydrogen-bond donors (Lipinski definition) is 0. The standard InChI is InChI=1S/C47H42N2/c1-4-20-36-21-18-19-30-45(36)47(3)38(34-39(5-2)48(40-22-10-6-11-23-40)41-24-12-7-13-25-41)33-37-31-32-44(35-46(37)47)49(42-26-14-8-15-27-42)43-28-16-9-17-29-43/h4-19,21-32,34-35H,1,20,33H2,2-3H3/b38-34+,39-5+. The van der Waals surface area contributed by atoms with Crippen molar-refractivity contribution in [3.8, 4) is 0 Å². The molecule has 0 heterocycles. The zero-order valence-electron chi connectivity index (χ0n) is 28.3. The van der Waals surface area contributed by atoms with E-state index in [1.165, 1.54) is 27.8 Å². The maximum absolute atomic E-state index is 4.13. The molecule has 1 atom stereocenters. The molecule has 7 rings (SSSR count). The summed E-state index contributed by atoms with van der Waals surface area (Å²) in [5.41, 5.74) is 13.1. The zero-order valence-corrected chi connectivity index (χ0v) is 28.3. The van der Waals surface area contributed by atoms with Gasteiger partial charge in [0.25, 0.3) is 0 Å². The molecule has 1 unspecified atom stereocenters. The average Bonchev–Trinajstić information content (AvgIpc) is 3.44. The number of allylic oxidation sites excluding steroid dienone is 4. The van der Waals surface area contributed by atoms with Gasteiger partial charge in [0.2, 0.25) is 0 Å². The summed E-state index contributed by atoms with van der Waals surface area (Å²) in [5, 5.41) is 0. The molecule has 0 aromatic heterocycles. The topological polar surface area (TPSA) is 6.48 Å². The molecule has 6 aromatic rings. The first-order chi connectivity index (χ1) is 24.1. The Morgan fingerprint density at radius 2 is 1.12 bits per heavy atom. The SMILES string of the molecule is C=CCc1ccccc1C1(C)/C(=C/C(=C\C)N(c2ccccc2)c2ccccc2)Cc2ccc(N(c3ccccc3)c3ccccc3)cc21. The van der Waals surface area contributed by atoms with Gasteiger partial charge in [-0.2, -0.15) is 0 Å². The molecule has 240 valence electrons. The average molecular weight is 635 g/mol. The molecule has 1 aliphatic carbocycles. The van der Waals surface area contributed by atoms with Gasteiger partial charge in [0.15, 0.2) is 0 Å². The second kappa shape index (κ2) is 14.1. The summed E-state index contributed by atoms with van der Waals surface area (Å²) < 4.78 is 0. The third-order valence-electron chi connectivity index (χ3n) is 9.77. The molecule has 0 saturated heterocycles. The minimum atomic E-state index is -0.378. The predicted molar refractivity (Wildman–Crippen MR) is 208 cm³/mol. The summed E-state index contributed by atoms with van der Waals surface area (Å²) in [7, 11) is 0. The molecule has 49 heavy (non-hydrogen) atoms. The summed E-state index contributed by atoms with van der Waals surface area (Å²) >= 11 is 0. The van der Waals surface area contributed by atoms with Crippen molar-refractivity contribution in [3.05, 3.63) is 222 Å². The van der Waals surface area contributed by atoms with Crippen molar-refractivity contribution in [2.45, 2.75) is 32.1 Å². The Hall–Kier alpha value is -5.86. The lowest BCUT2D eigenvalue weighted by Crippen LogP contribution is -2.26. The van der Waals surface area contributed by atoms with Crippen molar-refractivity contribution >= 4 is 28.4 Å². The minimum Gasteiger partial charge on any atom is -0.311 e. The van der Waals surface area contributed by atoms with Crippen LogP contribution < -0.4 is 9.80 Å². The molecule has 0 fully saturated rings. The monoisotopic (exact) mass is 634 g/mol. The Balaban J connectivity index is 1.43. The van der Waals surface area contributed by atoms with E-state index in [0.29, 0.717) is 0 Å². The number of para-hydroxylation sites is 4. The van der Waals surface area contributed by atoms with Crippen LogP contribution in [0.5, 0.6) is 0 Å². The molecular formula is C47H42N2. The van der Waals surface area contributed by atoms with E-state index in [0.717, 1.165) is 47.0 Å². The van der Waals surface area contributed by atoms with Gasteiger partial charge in [0.1, 0.15) is 0 Å². The Labute approximate surface area is 291 Å². The number of anilines is 5.